The van der Waals surface area contributed by atoms with Crippen LogP contribution in [0.5, 0.6) is 5.75 Å². The predicted molar refractivity (Wildman–Crippen MR) is 71.8 cm³/mol. The molecule has 1 heterocycles. The van der Waals surface area contributed by atoms with Gasteiger partial charge in [-0.15, -0.1) is 11.8 Å². The Bertz CT molecular complexity index is 542. The van der Waals surface area contributed by atoms with Crippen molar-refractivity contribution in [3.05, 3.63) is 23.2 Å². The average Bonchev–Trinajstić information content (AvgIpc) is 2.74. The summed E-state index contributed by atoms with van der Waals surface area (Å²) in [5.74, 6) is 1.15. The summed E-state index contributed by atoms with van der Waals surface area (Å²) in [5.41, 5.74) is 7.35. The zero-order chi connectivity index (χ0) is 12.4. The van der Waals surface area contributed by atoms with Gasteiger partial charge in [0, 0.05) is 11.6 Å². The van der Waals surface area contributed by atoms with Crippen LogP contribution in [0.2, 0.25) is 5.02 Å². The quantitative estimate of drug-likeness (QED) is 0.841. The number of nitrogens with zero attached hydrogens (tertiary/aromatic N) is 1. The van der Waals surface area contributed by atoms with E-state index in [1.807, 2.05) is 18.4 Å². The van der Waals surface area contributed by atoms with Crippen LogP contribution >= 0.6 is 23.4 Å². The number of thioether (sulfide) groups is 1. The molecule has 6 heteroatoms. The highest BCUT2D eigenvalue weighted by Crippen LogP contribution is 2.38. The van der Waals surface area contributed by atoms with Crippen LogP contribution in [-0.4, -0.2) is 23.6 Å². The van der Waals surface area contributed by atoms with E-state index in [2.05, 4.69) is 10.2 Å². The molecule has 17 heavy (non-hydrogen) atoms. The van der Waals surface area contributed by atoms with Crippen LogP contribution in [0, 0.1) is 0 Å². The molecule has 0 saturated heterocycles. The highest BCUT2D eigenvalue weighted by molar-refractivity contribution is 7.98. The number of benzene rings is 1. The molecule has 0 radical (unpaired) electrons. The molecular formula is C11H12ClN3OS. The molecule has 0 fully saturated rings. The molecule has 0 spiro atoms. The fourth-order valence-corrected chi connectivity index (χ4v) is 2.53. The second kappa shape index (κ2) is 4.89. The van der Waals surface area contributed by atoms with Gasteiger partial charge in [0.25, 0.3) is 0 Å². The van der Waals surface area contributed by atoms with Gasteiger partial charge in [0.1, 0.15) is 5.82 Å². The van der Waals surface area contributed by atoms with Gasteiger partial charge in [0.2, 0.25) is 0 Å². The van der Waals surface area contributed by atoms with Crippen molar-refractivity contribution >= 4 is 29.2 Å². The Morgan fingerprint density at radius 2 is 2.18 bits per heavy atom. The Morgan fingerprint density at radius 1 is 1.41 bits per heavy atom. The van der Waals surface area contributed by atoms with Crippen molar-refractivity contribution < 1.29 is 4.74 Å². The minimum Gasteiger partial charge on any atom is -0.494 e. The normalized spacial score (nSPS) is 10.5. The zero-order valence-corrected chi connectivity index (χ0v) is 11.0. The van der Waals surface area contributed by atoms with Gasteiger partial charge >= 0.3 is 0 Å². The topological polar surface area (TPSA) is 63.9 Å². The van der Waals surface area contributed by atoms with Crippen molar-refractivity contribution in [1.29, 1.82) is 0 Å². The van der Waals surface area contributed by atoms with E-state index in [-0.39, 0.29) is 0 Å². The smallest absolute Gasteiger partial charge is 0.151 e. The summed E-state index contributed by atoms with van der Waals surface area (Å²) in [6.07, 6.45) is 1.97. The lowest BCUT2D eigenvalue weighted by atomic mass is 10.1. The first-order chi connectivity index (χ1) is 8.15. The molecule has 4 nitrogen and oxygen atoms in total. The molecule has 2 aromatic rings. The summed E-state index contributed by atoms with van der Waals surface area (Å²) in [6, 6.07) is 5.58. The first-order valence-corrected chi connectivity index (χ1v) is 6.48. The van der Waals surface area contributed by atoms with Gasteiger partial charge < -0.3 is 10.5 Å². The number of hydrogen-bond acceptors (Lipinski definition) is 4. The number of H-pyrrole nitrogens is 1. The molecule has 0 aliphatic heterocycles. The van der Waals surface area contributed by atoms with Crippen molar-refractivity contribution in [3.63, 3.8) is 0 Å². The summed E-state index contributed by atoms with van der Waals surface area (Å²) in [6.45, 7) is 0. The highest BCUT2D eigenvalue weighted by Gasteiger charge is 2.11. The number of hydrogen-bond donors (Lipinski definition) is 2. The Hall–Kier alpha value is -1.33. The fraction of sp³-hybridized carbons (Fsp3) is 0.182. The van der Waals surface area contributed by atoms with Crippen LogP contribution in [0.3, 0.4) is 0 Å². The van der Waals surface area contributed by atoms with Gasteiger partial charge in [-0.25, -0.2) is 0 Å². The van der Waals surface area contributed by atoms with Crippen molar-refractivity contribution in [3.8, 4) is 17.0 Å². The maximum Gasteiger partial charge on any atom is 0.151 e. The third-order valence-electron chi connectivity index (χ3n) is 2.34. The van der Waals surface area contributed by atoms with E-state index in [4.69, 9.17) is 22.1 Å². The minimum atomic E-state index is 0.456. The van der Waals surface area contributed by atoms with E-state index in [0.29, 0.717) is 16.6 Å². The molecular weight excluding hydrogens is 258 g/mol. The monoisotopic (exact) mass is 269 g/mol. The number of halogens is 1. The maximum absolute atomic E-state index is 6.17. The van der Waals surface area contributed by atoms with Crippen LogP contribution in [0.15, 0.2) is 23.1 Å². The third kappa shape index (κ3) is 2.35. The number of nitrogen functional groups attached to an aromatic ring is 1. The number of anilines is 1. The number of ether oxygens (including phenoxy) is 1. The van der Waals surface area contributed by atoms with Crippen LogP contribution < -0.4 is 10.5 Å². The standard InChI is InChI=1S/C11H12ClN3OS/c1-16-11-7(12)3-6(4-9(11)17-2)8-5-10(13)15-14-8/h3-5H,1-2H3,(H3,13,14,15). The highest BCUT2D eigenvalue weighted by atomic mass is 35.5. The second-order valence-electron chi connectivity index (χ2n) is 3.40. The molecule has 1 aromatic carbocycles. The zero-order valence-electron chi connectivity index (χ0n) is 9.45. The van der Waals surface area contributed by atoms with E-state index in [1.165, 1.54) is 0 Å². The predicted octanol–water partition coefficient (Wildman–Crippen LogP) is 3.04. The van der Waals surface area contributed by atoms with Crippen LogP contribution in [0.4, 0.5) is 5.82 Å². The number of aromatic nitrogens is 2. The minimum absolute atomic E-state index is 0.456. The third-order valence-corrected chi connectivity index (χ3v) is 3.37. The average molecular weight is 270 g/mol. The summed E-state index contributed by atoms with van der Waals surface area (Å²) in [4.78, 5) is 0.975. The van der Waals surface area contributed by atoms with Crippen LogP contribution in [0.25, 0.3) is 11.3 Å². The summed E-state index contributed by atoms with van der Waals surface area (Å²) in [5, 5.41) is 7.32. The van der Waals surface area contributed by atoms with E-state index in [0.717, 1.165) is 16.2 Å². The molecule has 90 valence electrons. The molecule has 0 atom stereocenters. The van der Waals surface area contributed by atoms with Crippen molar-refractivity contribution in [2.75, 3.05) is 19.1 Å². The number of nitrogens with two attached hydrogens (primary N) is 1. The van der Waals surface area contributed by atoms with E-state index >= 15 is 0 Å². The lowest BCUT2D eigenvalue weighted by Crippen LogP contribution is -1.89. The number of aromatic amines is 1. The molecule has 3 N–H and O–H groups in total. The molecule has 0 unspecified atom stereocenters. The van der Waals surface area contributed by atoms with Gasteiger partial charge in [-0.1, -0.05) is 11.6 Å². The van der Waals surface area contributed by atoms with Crippen molar-refractivity contribution in [2.45, 2.75) is 4.90 Å². The van der Waals surface area contributed by atoms with Crippen LogP contribution in [0.1, 0.15) is 0 Å². The molecule has 0 aliphatic carbocycles. The Morgan fingerprint density at radius 3 is 2.71 bits per heavy atom. The van der Waals surface area contributed by atoms with E-state index in [1.54, 1.807) is 24.9 Å². The fourth-order valence-electron chi connectivity index (χ4n) is 1.56. The van der Waals surface area contributed by atoms with Gasteiger partial charge in [-0.05, 0) is 18.4 Å². The molecule has 0 bridgehead atoms. The molecule has 1 aromatic heterocycles. The first kappa shape index (κ1) is 12.1. The maximum atomic E-state index is 6.17. The Labute approximate surface area is 108 Å². The van der Waals surface area contributed by atoms with Gasteiger partial charge in [-0.3, -0.25) is 5.10 Å². The first-order valence-electron chi connectivity index (χ1n) is 4.88. The molecule has 0 amide bonds. The summed E-state index contributed by atoms with van der Waals surface area (Å²) >= 11 is 7.74. The van der Waals surface area contributed by atoms with Gasteiger partial charge in [-0.2, -0.15) is 5.10 Å². The Kier molecular flexibility index (Phi) is 3.49. The summed E-state index contributed by atoms with van der Waals surface area (Å²) < 4.78 is 5.26. The number of rotatable bonds is 3. The van der Waals surface area contributed by atoms with E-state index in [9.17, 15) is 0 Å². The molecule has 0 saturated carbocycles. The van der Waals surface area contributed by atoms with Gasteiger partial charge in [0.05, 0.1) is 22.7 Å². The number of nitrogens with one attached hydrogen (secondary N) is 1. The largest absolute Gasteiger partial charge is 0.494 e. The van der Waals surface area contributed by atoms with Gasteiger partial charge in [0.15, 0.2) is 5.75 Å². The number of methoxy groups -OCH3 is 1. The molecule has 2 rings (SSSR count). The van der Waals surface area contributed by atoms with E-state index < -0.39 is 0 Å². The summed E-state index contributed by atoms with van der Waals surface area (Å²) in [7, 11) is 1.61. The molecule has 0 aliphatic rings. The van der Waals surface area contributed by atoms with Crippen LogP contribution in [-0.2, 0) is 0 Å². The van der Waals surface area contributed by atoms with Crippen molar-refractivity contribution in [2.24, 2.45) is 0 Å². The second-order valence-corrected chi connectivity index (χ2v) is 4.66. The lowest BCUT2D eigenvalue weighted by molar-refractivity contribution is 0.405. The Balaban J connectivity index is 2.53. The SMILES string of the molecule is COc1c(Cl)cc(-c2cc(N)n[nH]2)cc1SC. The lowest BCUT2D eigenvalue weighted by Gasteiger charge is -2.10. The van der Waals surface area contributed by atoms with Crippen molar-refractivity contribution in [1.82, 2.24) is 10.2 Å².